The lowest BCUT2D eigenvalue weighted by Gasteiger charge is -2.09. The first kappa shape index (κ1) is 13.9. The molecule has 1 atom stereocenters. The Kier molecular flexibility index (Phi) is 6.70. The average Bonchev–Trinajstić information content (AvgIpc) is 2.00. The summed E-state index contributed by atoms with van der Waals surface area (Å²) in [5, 5.41) is 5.38. The van der Waals surface area contributed by atoms with Crippen LogP contribution in [0.3, 0.4) is 0 Å². The zero-order valence-electron chi connectivity index (χ0n) is 9.67. The lowest BCUT2D eigenvalue weighted by molar-refractivity contribution is -0.122. The molecule has 0 aromatic rings. The predicted molar refractivity (Wildman–Crippen MR) is 59.2 cm³/mol. The SMILES string of the molecule is CC(N)CC(=O)NCCC(=O)NC(C)C. The van der Waals surface area contributed by atoms with Crippen LogP contribution in [0.4, 0.5) is 0 Å². The van der Waals surface area contributed by atoms with Gasteiger partial charge in [0.2, 0.25) is 11.8 Å². The van der Waals surface area contributed by atoms with E-state index in [1.165, 1.54) is 0 Å². The van der Waals surface area contributed by atoms with Gasteiger partial charge in [0.25, 0.3) is 0 Å². The molecule has 0 spiro atoms. The maximum Gasteiger partial charge on any atom is 0.221 e. The van der Waals surface area contributed by atoms with Crippen molar-refractivity contribution in [2.45, 2.75) is 45.7 Å². The monoisotopic (exact) mass is 215 g/mol. The standard InChI is InChI=1S/C10H21N3O2/c1-7(2)13-9(14)4-5-12-10(15)6-8(3)11/h7-8H,4-6,11H2,1-3H3,(H,12,15)(H,13,14). The summed E-state index contributed by atoms with van der Waals surface area (Å²) in [5.74, 6) is -0.159. The van der Waals surface area contributed by atoms with Crippen LogP contribution in [-0.4, -0.2) is 30.4 Å². The number of amides is 2. The highest BCUT2D eigenvalue weighted by Gasteiger charge is 2.06. The number of carbonyl (C=O) groups is 2. The number of nitrogens with one attached hydrogen (secondary N) is 2. The Labute approximate surface area is 90.8 Å². The van der Waals surface area contributed by atoms with Crippen molar-refractivity contribution in [3.63, 3.8) is 0 Å². The van der Waals surface area contributed by atoms with Gasteiger partial charge >= 0.3 is 0 Å². The summed E-state index contributed by atoms with van der Waals surface area (Å²) in [6.07, 6.45) is 0.606. The third-order valence-corrected chi connectivity index (χ3v) is 1.63. The Bertz CT molecular complexity index is 193. The van der Waals surface area contributed by atoms with Gasteiger partial charge in [0, 0.05) is 31.5 Å². The first-order chi connectivity index (χ1) is 6.91. The first-order valence-corrected chi connectivity index (χ1v) is 5.23. The van der Waals surface area contributed by atoms with Gasteiger partial charge in [-0.15, -0.1) is 0 Å². The van der Waals surface area contributed by atoms with E-state index in [0.717, 1.165) is 0 Å². The van der Waals surface area contributed by atoms with Gasteiger partial charge < -0.3 is 16.4 Å². The van der Waals surface area contributed by atoms with Crippen molar-refractivity contribution in [3.05, 3.63) is 0 Å². The number of hydrogen-bond acceptors (Lipinski definition) is 3. The minimum absolute atomic E-state index is 0.0499. The highest BCUT2D eigenvalue weighted by molar-refractivity contribution is 5.79. The molecule has 5 heteroatoms. The highest BCUT2D eigenvalue weighted by atomic mass is 16.2. The Hall–Kier alpha value is -1.10. The average molecular weight is 215 g/mol. The number of nitrogens with two attached hydrogens (primary N) is 1. The molecule has 0 saturated carbocycles. The van der Waals surface area contributed by atoms with E-state index in [0.29, 0.717) is 19.4 Å². The second-order valence-electron chi connectivity index (χ2n) is 4.00. The summed E-state index contributed by atoms with van der Waals surface area (Å²) in [5.41, 5.74) is 5.45. The van der Waals surface area contributed by atoms with E-state index in [-0.39, 0.29) is 23.9 Å². The number of hydrogen-bond donors (Lipinski definition) is 3. The molecule has 88 valence electrons. The van der Waals surface area contributed by atoms with Crippen LogP contribution in [0.25, 0.3) is 0 Å². The van der Waals surface area contributed by atoms with E-state index in [1.807, 2.05) is 13.8 Å². The maximum atomic E-state index is 11.2. The summed E-state index contributed by atoms with van der Waals surface area (Å²) in [4.78, 5) is 22.3. The minimum Gasteiger partial charge on any atom is -0.356 e. The Morgan fingerprint density at radius 3 is 2.27 bits per heavy atom. The van der Waals surface area contributed by atoms with E-state index >= 15 is 0 Å². The molecule has 0 saturated heterocycles. The van der Waals surface area contributed by atoms with E-state index < -0.39 is 0 Å². The molecular weight excluding hydrogens is 194 g/mol. The molecule has 0 aliphatic heterocycles. The van der Waals surface area contributed by atoms with Crippen LogP contribution in [0.1, 0.15) is 33.6 Å². The molecule has 5 nitrogen and oxygen atoms in total. The summed E-state index contributed by atoms with van der Waals surface area (Å²) < 4.78 is 0. The molecule has 0 bridgehead atoms. The summed E-state index contributed by atoms with van der Waals surface area (Å²) in [7, 11) is 0. The van der Waals surface area contributed by atoms with E-state index in [1.54, 1.807) is 6.92 Å². The minimum atomic E-state index is -0.144. The van der Waals surface area contributed by atoms with Crippen molar-refractivity contribution >= 4 is 11.8 Å². The van der Waals surface area contributed by atoms with Crippen molar-refractivity contribution < 1.29 is 9.59 Å². The smallest absolute Gasteiger partial charge is 0.221 e. The molecule has 0 aliphatic carbocycles. The van der Waals surface area contributed by atoms with Crippen LogP contribution in [0.5, 0.6) is 0 Å². The van der Waals surface area contributed by atoms with Crippen LogP contribution in [0.2, 0.25) is 0 Å². The first-order valence-electron chi connectivity index (χ1n) is 5.23. The molecule has 0 aromatic heterocycles. The number of carbonyl (C=O) groups excluding carboxylic acids is 2. The quantitative estimate of drug-likeness (QED) is 0.571. The molecule has 15 heavy (non-hydrogen) atoms. The molecule has 2 amide bonds. The van der Waals surface area contributed by atoms with Crippen molar-refractivity contribution in [1.29, 1.82) is 0 Å². The fourth-order valence-electron chi connectivity index (χ4n) is 1.07. The molecule has 0 aromatic carbocycles. The normalized spacial score (nSPS) is 12.3. The van der Waals surface area contributed by atoms with Crippen LogP contribution < -0.4 is 16.4 Å². The van der Waals surface area contributed by atoms with E-state index in [4.69, 9.17) is 5.73 Å². The van der Waals surface area contributed by atoms with Gasteiger partial charge in [-0.3, -0.25) is 9.59 Å². The van der Waals surface area contributed by atoms with Crippen LogP contribution in [-0.2, 0) is 9.59 Å². The van der Waals surface area contributed by atoms with Gasteiger partial charge in [-0.25, -0.2) is 0 Å². The van der Waals surface area contributed by atoms with E-state index in [9.17, 15) is 9.59 Å². The van der Waals surface area contributed by atoms with Gasteiger partial charge in [0.1, 0.15) is 0 Å². The van der Waals surface area contributed by atoms with Gasteiger partial charge in [-0.2, -0.15) is 0 Å². The topological polar surface area (TPSA) is 84.2 Å². The molecule has 0 rings (SSSR count). The Morgan fingerprint density at radius 1 is 1.20 bits per heavy atom. The molecule has 1 unspecified atom stereocenters. The zero-order chi connectivity index (χ0) is 11.8. The fraction of sp³-hybridized carbons (Fsp3) is 0.800. The van der Waals surface area contributed by atoms with Gasteiger partial charge in [0.05, 0.1) is 0 Å². The highest BCUT2D eigenvalue weighted by Crippen LogP contribution is 1.87. The molecule has 0 radical (unpaired) electrons. The van der Waals surface area contributed by atoms with Crippen molar-refractivity contribution in [2.75, 3.05) is 6.54 Å². The lowest BCUT2D eigenvalue weighted by Crippen LogP contribution is -2.35. The molecule has 0 fully saturated rings. The van der Waals surface area contributed by atoms with Gasteiger partial charge in [-0.05, 0) is 20.8 Å². The van der Waals surface area contributed by atoms with E-state index in [2.05, 4.69) is 10.6 Å². The largest absolute Gasteiger partial charge is 0.356 e. The third-order valence-electron chi connectivity index (χ3n) is 1.63. The fourth-order valence-corrected chi connectivity index (χ4v) is 1.07. The van der Waals surface area contributed by atoms with Gasteiger partial charge in [-0.1, -0.05) is 0 Å². The third kappa shape index (κ3) is 9.21. The molecule has 0 heterocycles. The number of rotatable bonds is 6. The summed E-state index contributed by atoms with van der Waals surface area (Å²) >= 11 is 0. The molecular formula is C10H21N3O2. The second-order valence-corrected chi connectivity index (χ2v) is 4.00. The Balaban J connectivity index is 3.53. The van der Waals surface area contributed by atoms with Crippen LogP contribution >= 0.6 is 0 Å². The van der Waals surface area contributed by atoms with Crippen molar-refractivity contribution in [3.8, 4) is 0 Å². The predicted octanol–water partition coefficient (Wildman–Crippen LogP) is -0.245. The van der Waals surface area contributed by atoms with Crippen molar-refractivity contribution in [1.82, 2.24) is 10.6 Å². The second kappa shape index (κ2) is 7.23. The van der Waals surface area contributed by atoms with Crippen molar-refractivity contribution in [2.24, 2.45) is 5.73 Å². The van der Waals surface area contributed by atoms with Crippen LogP contribution in [0.15, 0.2) is 0 Å². The maximum absolute atomic E-state index is 11.2. The zero-order valence-corrected chi connectivity index (χ0v) is 9.67. The molecule has 4 N–H and O–H groups in total. The van der Waals surface area contributed by atoms with Gasteiger partial charge in [0.15, 0.2) is 0 Å². The summed E-state index contributed by atoms with van der Waals surface area (Å²) in [6, 6.07) is -0.00763. The lowest BCUT2D eigenvalue weighted by atomic mass is 10.2. The Morgan fingerprint density at radius 2 is 1.80 bits per heavy atom. The summed E-state index contributed by atoms with van der Waals surface area (Å²) in [6.45, 7) is 5.92. The van der Waals surface area contributed by atoms with Crippen LogP contribution in [0, 0.1) is 0 Å². The molecule has 0 aliphatic rings.